The van der Waals surface area contributed by atoms with Crippen molar-refractivity contribution in [3.05, 3.63) is 48.0 Å². The van der Waals surface area contributed by atoms with Crippen LogP contribution in [0.25, 0.3) is 0 Å². The Morgan fingerprint density at radius 1 is 1.00 bits per heavy atom. The van der Waals surface area contributed by atoms with E-state index in [1.54, 1.807) is 24.1 Å². The number of hydrogen-bond donors (Lipinski definition) is 1. The standard InChI is InChI=1S/C19H22N2O4/c1-24-14-7-8-15(17(22)13-14)19(23)21-11-9-20(10-12-21)16-5-3-4-6-18(16)25-2/h3-8,13,22H,9-12H2,1-2H3. The second-order valence-electron chi connectivity index (χ2n) is 5.83. The third-order valence-electron chi connectivity index (χ3n) is 4.43. The Labute approximate surface area is 147 Å². The fourth-order valence-corrected chi connectivity index (χ4v) is 3.03. The monoisotopic (exact) mass is 342 g/mol. The van der Waals surface area contributed by atoms with Gasteiger partial charge in [-0.15, -0.1) is 0 Å². The molecule has 6 heteroatoms. The number of rotatable bonds is 4. The number of anilines is 1. The quantitative estimate of drug-likeness (QED) is 0.924. The van der Waals surface area contributed by atoms with Gasteiger partial charge < -0.3 is 24.4 Å². The first kappa shape index (κ1) is 17.0. The van der Waals surface area contributed by atoms with Crippen LogP contribution >= 0.6 is 0 Å². The van der Waals surface area contributed by atoms with E-state index in [4.69, 9.17) is 9.47 Å². The van der Waals surface area contributed by atoms with E-state index >= 15 is 0 Å². The Morgan fingerprint density at radius 3 is 2.36 bits per heavy atom. The molecule has 6 nitrogen and oxygen atoms in total. The predicted octanol–water partition coefficient (Wildman–Crippen LogP) is 2.37. The first-order valence-electron chi connectivity index (χ1n) is 8.18. The van der Waals surface area contributed by atoms with Crippen LogP contribution in [0.2, 0.25) is 0 Å². The molecule has 0 spiro atoms. The van der Waals surface area contributed by atoms with Crippen LogP contribution in [0.1, 0.15) is 10.4 Å². The lowest BCUT2D eigenvalue weighted by molar-refractivity contribution is 0.0743. The van der Waals surface area contributed by atoms with Crippen LogP contribution in [0.5, 0.6) is 17.2 Å². The number of phenolic OH excluding ortho intramolecular Hbond substituents is 1. The van der Waals surface area contributed by atoms with Crippen LogP contribution in [0.3, 0.4) is 0 Å². The maximum Gasteiger partial charge on any atom is 0.257 e. The summed E-state index contributed by atoms with van der Waals surface area (Å²) in [5, 5.41) is 10.1. The van der Waals surface area contributed by atoms with Gasteiger partial charge in [0.05, 0.1) is 25.5 Å². The van der Waals surface area contributed by atoms with Gasteiger partial charge in [-0.25, -0.2) is 0 Å². The van der Waals surface area contributed by atoms with Crippen molar-refractivity contribution in [1.29, 1.82) is 0 Å². The summed E-state index contributed by atoms with van der Waals surface area (Å²) in [5.74, 6) is 1.13. The summed E-state index contributed by atoms with van der Waals surface area (Å²) in [6.07, 6.45) is 0. The van der Waals surface area contributed by atoms with Gasteiger partial charge in [0.25, 0.3) is 5.91 Å². The van der Waals surface area contributed by atoms with E-state index in [9.17, 15) is 9.90 Å². The third kappa shape index (κ3) is 3.47. The molecule has 1 amide bonds. The zero-order chi connectivity index (χ0) is 17.8. The van der Waals surface area contributed by atoms with Crippen molar-refractivity contribution in [3.63, 3.8) is 0 Å². The van der Waals surface area contributed by atoms with E-state index in [1.165, 1.54) is 13.2 Å². The molecule has 1 N–H and O–H groups in total. The number of ether oxygens (including phenoxy) is 2. The highest BCUT2D eigenvalue weighted by molar-refractivity contribution is 5.97. The molecule has 3 rings (SSSR count). The highest BCUT2D eigenvalue weighted by Gasteiger charge is 2.25. The van der Waals surface area contributed by atoms with Gasteiger partial charge in [-0.3, -0.25) is 4.79 Å². The lowest BCUT2D eigenvalue weighted by atomic mass is 10.1. The van der Waals surface area contributed by atoms with Crippen LogP contribution < -0.4 is 14.4 Å². The Bertz CT molecular complexity index is 755. The molecule has 2 aromatic carbocycles. The predicted molar refractivity (Wildman–Crippen MR) is 95.8 cm³/mol. The number of hydrogen-bond acceptors (Lipinski definition) is 5. The number of benzene rings is 2. The summed E-state index contributed by atoms with van der Waals surface area (Å²) in [6.45, 7) is 2.59. The normalized spacial score (nSPS) is 14.3. The van der Waals surface area contributed by atoms with Crippen molar-refractivity contribution in [3.8, 4) is 17.2 Å². The van der Waals surface area contributed by atoms with Gasteiger partial charge >= 0.3 is 0 Å². The Morgan fingerprint density at radius 2 is 1.72 bits per heavy atom. The molecule has 0 unspecified atom stereocenters. The number of phenols is 1. The molecule has 132 valence electrons. The fourth-order valence-electron chi connectivity index (χ4n) is 3.03. The summed E-state index contributed by atoms with van der Waals surface area (Å²) in [7, 11) is 3.18. The molecule has 2 aromatic rings. The number of para-hydroxylation sites is 2. The van der Waals surface area contributed by atoms with Crippen molar-refractivity contribution >= 4 is 11.6 Å². The SMILES string of the molecule is COc1ccc(C(=O)N2CCN(c3ccccc3OC)CC2)c(O)c1. The van der Waals surface area contributed by atoms with Gasteiger partial charge in [0.15, 0.2) is 0 Å². The van der Waals surface area contributed by atoms with Crippen LogP contribution in [0, 0.1) is 0 Å². The number of methoxy groups -OCH3 is 2. The maximum absolute atomic E-state index is 12.7. The molecular formula is C19H22N2O4. The molecule has 25 heavy (non-hydrogen) atoms. The van der Waals surface area contributed by atoms with E-state index in [0.29, 0.717) is 37.5 Å². The Kier molecular flexibility index (Phi) is 4.97. The first-order chi connectivity index (χ1) is 12.1. The van der Waals surface area contributed by atoms with Gasteiger partial charge in [-0.05, 0) is 24.3 Å². The number of nitrogens with zero attached hydrogens (tertiary/aromatic N) is 2. The van der Waals surface area contributed by atoms with Gasteiger partial charge in [0, 0.05) is 32.2 Å². The molecule has 1 heterocycles. The first-order valence-corrected chi connectivity index (χ1v) is 8.18. The number of carbonyl (C=O) groups excluding carboxylic acids is 1. The minimum atomic E-state index is -0.167. The van der Waals surface area contributed by atoms with E-state index in [2.05, 4.69) is 4.90 Å². The molecule has 0 atom stereocenters. The lowest BCUT2D eigenvalue weighted by Crippen LogP contribution is -2.48. The van der Waals surface area contributed by atoms with Gasteiger partial charge in [-0.2, -0.15) is 0 Å². The highest BCUT2D eigenvalue weighted by atomic mass is 16.5. The summed E-state index contributed by atoms with van der Waals surface area (Å²) in [6, 6.07) is 12.6. The zero-order valence-electron chi connectivity index (χ0n) is 14.4. The fraction of sp³-hybridized carbons (Fsp3) is 0.316. The van der Waals surface area contributed by atoms with Crippen molar-refractivity contribution < 1.29 is 19.4 Å². The number of carbonyl (C=O) groups is 1. The van der Waals surface area contributed by atoms with Crippen molar-refractivity contribution in [2.45, 2.75) is 0 Å². The number of amides is 1. The molecule has 0 aromatic heterocycles. The maximum atomic E-state index is 12.7. The molecule has 1 aliphatic heterocycles. The van der Waals surface area contributed by atoms with Crippen molar-refractivity contribution in [2.24, 2.45) is 0 Å². The molecule has 0 saturated carbocycles. The van der Waals surface area contributed by atoms with Crippen molar-refractivity contribution in [2.75, 3.05) is 45.3 Å². The summed E-state index contributed by atoms with van der Waals surface area (Å²) < 4.78 is 10.5. The van der Waals surface area contributed by atoms with Gasteiger partial charge in [0.1, 0.15) is 17.2 Å². The van der Waals surface area contributed by atoms with Crippen LogP contribution in [0.15, 0.2) is 42.5 Å². The van der Waals surface area contributed by atoms with Crippen molar-refractivity contribution in [1.82, 2.24) is 4.90 Å². The smallest absolute Gasteiger partial charge is 0.257 e. The van der Waals surface area contributed by atoms with Gasteiger partial charge in [0.2, 0.25) is 0 Å². The minimum Gasteiger partial charge on any atom is -0.507 e. The molecule has 1 fully saturated rings. The number of aromatic hydroxyl groups is 1. The molecular weight excluding hydrogens is 320 g/mol. The van der Waals surface area contributed by atoms with E-state index in [1.807, 2.05) is 24.3 Å². The molecule has 0 radical (unpaired) electrons. The number of piperazine rings is 1. The Hall–Kier alpha value is -2.89. The van der Waals surface area contributed by atoms with E-state index in [0.717, 1.165) is 11.4 Å². The zero-order valence-corrected chi connectivity index (χ0v) is 14.4. The van der Waals surface area contributed by atoms with Crippen LogP contribution in [0.4, 0.5) is 5.69 Å². The largest absolute Gasteiger partial charge is 0.507 e. The highest BCUT2D eigenvalue weighted by Crippen LogP contribution is 2.29. The average Bonchev–Trinajstić information content (AvgIpc) is 2.67. The summed E-state index contributed by atoms with van der Waals surface area (Å²) in [4.78, 5) is 16.6. The van der Waals surface area contributed by atoms with Crippen LogP contribution in [-0.4, -0.2) is 56.3 Å². The average molecular weight is 342 g/mol. The van der Waals surface area contributed by atoms with Crippen LogP contribution in [-0.2, 0) is 0 Å². The third-order valence-corrected chi connectivity index (χ3v) is 4.43. The van der Waals surface area contributed by atoms with E-state index < -0.39 is 0 Å². The molecule has 0 bridgehead atoms. The minimum absolute atomic E-state index is 0.0588. The Balaban J connectivity index is 1.69. The van der Waals surface area contributed by atoms with E-state index in [-0.39, 0.29) is 11.7 Å². The second kappa shape index (κ2) is 7.34. The summed E-state index contributed by atoms with van der Waals surface area (Å²) >= 11 is 0. The topological polar surface area (TPSA) is 62.2 Å². The van der Waals surface area contributed by atoms with Gasteiger partial charge in [-0.1, -0.05) is 12.1 Å². The lowest BCUT2D eigenvalue weighted by Gasteiger charge is -2.36. The molecule has 0 aliphatic carbocycles. The molecule has 1 aliphatic rings. The molecule has 1 saturated heterocycles. The second-order valence-corrected chi connectivity index (χ2v) is 5.83. The summed E-state index contributed by atoms with van der Waals surface area (Å²) in [5.41, 5.74) is 1.33.